The van der Waals surface area contributed by atoms with Crippen molar-refractivity contribution in [1.82, 2.24) is 0 Å². The molecule has 0 spiro atoms. The Hall–Kier alpha value is -0.240. The molecule has 8 heavy (non-hydrogen) atoms. The van der Waals surface area contributed by atoms with Gasteiger partial charge in [-0.2, -0.15) is 0 Å². The molecular weight excluding hydrogens is 120 g/mol. The second-order valence-corrected chi connectivity index (χ2v) is 3.26. The normalized spacial score (nSPS) is 20.5. The Morgan fingerprint density at radius 1 is 1.50 bits per heavy atom. The van der Waals surface area contributed by atoms with Gasteiger partial charge in [-0.3, -0.25) is 4.79 Å². The smallest absolute Gasteiger partial charge is 0.197 e. The van der Waals surface area contributed by atoms with Gasteiger partial charge < -0.3 is 0 Å². The highest BCUT2D eigenvalue weighted by Gasteiger charge is 2.14. The molecule has 0 unspecified atom stereocenters. The SMILES string of the molecule is CC1=C(C)SC(=O)C1. The van der Waals surface area contributed by atoms with Gasteiger partial charge in [0.05, 0.1) is 0 Å². The van der Waals surface area contributed by atoms with E-state index in [1.54, 1.807) is 0 Å². The van der Waals surface area contributed by atoms with Crippen LogP contribution in [0.2, 0.25) is 0 Å². The third-order valence-corrected chi connectivity index (χ3v) is 2.30. The Morgan fingerprint density at radius 3 is 2.25 bits per heavy atom. The van der Waals surface area contributed by atoms with Crippen LogP contribution in [0.1, 0.15) is 20.3 Å². The number of hydrogen-bond donors (Lipinski definition) is 0. The Morgan fingerprint density at radius 2 is 2.12 bits per heavy atom. The quantitative estimate of drug-likeness (QED) is 0.496. The standard InChI is InChI=1S/C6H8OS/c1-4-3-6(7)8-5(4)2/h3H2,1-2H3. The molecule has 0 aromatic rings. The number of thioether (sulfide) groups is 1. The van der Waals surface area contributed by atoms with Gasteiger partial charge in [-0.15, -0.1) is 0 Å². The minimum absolute atomic E-state index is 0.292. The van der Waals surface area contributed by atoms with E-state index in [-0.39, 0.29) is 0 Å². The number of rotatable bonds is 0. The summed E-state index contributed by atoms with van der Waals surface area (Å²) in [6.45, 7) is 4.00. The fourth-order valence-electron chi connectivity index (χ4n) is 0.635. The zero-order chi connectivity index (χ0) is 6.15. The third kappa shape index (κ3) is 0.944. The van der Waals surface area contributed by atoms with E-state index in [4.69, 9.17) is 0 Å². The van der Waals surface area contributed by atoms with E-state index in [2.05, 4.69) is 0 Å². The lowest BCUT2D eigenvalue weighted by molar-refractivity contribution is -0.110. The minimum atomic E-state index is 0.292. The average molecular weight is 128 g/mol. The molecule has 1 aliphatic rings. The summed E-state index contributed by atoms with van der Waals surface area (Å²) in [6.07, 6.45) is 0.663. The van der Waals surface area contributed by atoms with E-state index in [9.17, 15) is 4.79 Å². The first-order valence-electron chi connectivity index (χ1n) is 2.57. The van der Waals surface area contributed by atoms with E-state index in [1.807, 2.05) is 13.8 Å². The summed E-state index contributed by atoms with van der Waals surface area (Å²) in [4.78, 5) is 11.8. The molecule has 0 atom stereocenters. The molecule has 1 aliphatic heterocycles. The minimum Gasteiger partial charge on any atom is -0.286 e. The van der Waals surface area contributed by atoms with Crippen LogP contribution in [0.3, 0.4) is 0 Å². The van der Waals surface area contributed by atoms with E-state index in [0.29, 0.717) is 11.5 Å². The van der Waals surface area contributed by atoms with Gasteiger partial charge in [-0.05, 0) is 18.8 Å². The van der Waals surface area contributed by atoms with E-state index < -0.39 is 0 Å². The van der Waals surface area contributed by atoms with Crippen molar-refractivity contribution in [2.75, 3.05) is 0 Å². The van der Waals surface area contributed by atoms with Crippen LogP contribution in [0.4, 0.5) is 0 Å². The molecule has 0 radical (unpaired) electrons. The predicted molar refractivity (Wildman–Crippen MR) is 35.6 cm³/mol. The monoisotopic (exact) mass is 128 g/mol. The summed E-state index contributed by atoms with van der Waals surface area (Å²) in [5, 5.41) is 0.292. The van der Waals surface area contributed by atoms with Crippen LogP contribution in [0, 0.1) is 0 Å². The highest BCUT2D eigenvalue weighted by molar-refractivity contribution is 8.17. The van der Waals surface area contributed by atoms with Crippen molar-refractivity contribution in [3.05, 3.63) is 10.5 Å². The molecular formula is C6H8OS. The molecule has 0 saturated heterocycles. The lowest BCUT2D eigenvalue weighted by Gasteiger charge is -1.84. The zero-order valence-corrected chi connectivity index (χ0v) is 5.84. The summed E-state index contributed by atoms with van der Waals surface area (Å²) in [5.41, 5.74) is 1.24. The van der Waals surface area contributed by atoms with E-state index in [0.717, 1.165) is 0 Å². The largest absolute Gasteiger partial charge is 0.286 e. The second kappa shape index (κ2) is 1.94. The van der Waals surface area contributed by atoms with Gasteiger partial charge in [0.2, 0.25) is 0 Å². The maximum atomic E-state index is 10.6. The summed E-state index contributed by atoms with van der Waals surface area (Å²) < 4.78 is 0. The van der Waals surface area contributed by atoms with Crippen molar-refractivity contribution >= 4 is 16.9 Å². The molecule has 0 aromatic carbocycles. The van der Waals surface area contributed by atoms with Crippen LogP contribution < -0.4 is 0 Å². The van der Waals surface area contributed by atoms with Gasteiger partial charge in [0, 0.05) is 6.42 Å². The fourth-order valence-corrected chi connectivity index (χ4v) is 1.51. The molecule has 0 saturated carbocycles. The predicted octanol–water partition coefficient (Wildman–Crippen LogP) is 1.94. The summed E-state index contributed by atoms with van der Waals surface area (Å²) in [7, 11) is 0. The molecule has 0 aromatic heterocycles. The van der Waals surface area contributed by atoms with Crippen LogP contribution in [-0.2, 0) is 4.79 Å². The first-order chi connectivity index (χ1) is 3.70. The summed E-state index contributed by atoms with van der Waals surface area (Å²) in [6, 6.07) is 0. The first-order valence-corrected chi connectivity index (χ1v) is 3.39. The van der Waals surface area contributed by atoms with E-state index >= 15 is 0 Å². The van der Waals surface area contributed by atoms with Crippen LogP contribution in [0.25, 0.3) is 0 Å². The van der Waals surface area contributed by atoms with Gasteiger partial charge in [0.1, 0.15) is 0 Å². The van der Waals surface area contributed by atoms with Gasteiger partial charge >= 0.3 is 0 Å². The van der Waals surface area contributed by atoms with Crippen LogP contribution >= 0.6 is 11.8 Å². The van der Waals surface area contributed by atoms with E-state index in [1.165, 1.54) is 22.2 Å². The Kier molecular flexibility index (Phi) is 1.43. The van der Waals surface area contributed by atoms with Crippen molar-refractivity contribution in [1.29, 1.82) is 0 Å². The van der Waals surface area contributed by atoms with Crippen molar-refractivity contribution < 1.29 is 4.79 Å². The molecule has 0 amide bonds. The molecule has 1 nitrogen and oxygen atoms in total. The van der Waals surface area contributed by atoms with Gasteiger partial charge in [0.15, 0.2) is 5.12 Å². The van der Waals surface area contributed by atoms with Crippen LogP contribution in [0.5, 0.6) is 0 Å². The Bertz CT molecular complexity index is 142. The highest BCUT2D eigenvalue weighted by atomic mass is 32.2. The number of allylic oxidation sites excluding steroid dienone is 2. The van der Waals surface area contributed by atoms with Crippen molar-refractivity contribution in [3.63, 3.8) is 0 Å². The molecule has 1 rings (SSSR count). The number of hydrogen-bond acceptors (Lipinski definition) is 2. The van der Waals surface area contributed by atoms with Gasteiger partial charge in [-0.1, -0.05) is 17.3 Å². The molecule has 0 fully saturated rings. The van der Waals surface area contributed by atoms with Crippen molar-refractivity contribution in [2.24, 2.45) is 0 Å². The maximum Gasteiger partial charge on any atom is 0.197 e. The maximum absolute atomic E-state index is 10.6. The summed E-state index contributed by atoms with van der Waals surface area (Å²) >= 11 is 1.37. The second-order valence-electron chi connectivity index (χ2n) is 1.99. The molecule has 0 aliphatic carbocycles. The highest BCUT2D eigenvalue weighted by Crippen LogP contribution is 2.31. The molecule has 0 N–H and O–H groups in total. The van der Waals surface area contributed by atoms with Crippen LogP contribution in [0.15, 0.2) is 10.5 Å². The molecule has 2 heteroatoms. The molecule has 44 valence electrons. The molecule has 0 bridgehead atoms. The average Bonchev–Trinajstić information content (AvgIpc) is 1.85. The fraction of sp³-hybridized carbons (Fsp3) is 0.500. The van der Waals surface area contributed by atoms with Gasteiger partial charge in [-0.25, -0.2) is 0 Å². The van der Waals surface area contributed by atoms with Crippen molar-refractivity contribution in [3.8, 4) is 0 Å². The Labute approximate surface area is 53.2 Å². The third-order valence-electron chi connectivity index (χ3n) is 1.28. The first kappa shape index (κ1) is 5.89. The molecule has 1 heterocycles. The number of carbonyl (C=O) groups is 1. The summed E-state index contributed by atoms with van der Waals surface area (Å²) in [5.74, 6) is 0. The Balaban J connectivity index is 2.73. The lowest BCUT2D eigenvalue weighted by atomic mass is 10.2. The van der Waals surface area contributed by atoms with Crippen LogP contribution in [-0.4, -0.2) is 5.12 Å². The number of carbonyl (C=O) groups excluding carboxylic acids is 1. The van der Waals surface area contributed by atoms with Crippen molar-refractivity contribution in [2.45, 2.75) is 20.3 Å². The topological polar surface area (TPSA) is 17.1 Å². The zero-order valence-electron chi connectivity index (χ0n) is 5.02. The lowest BCUT2D eigenvalue weighted by Crippen LogP contribution is -1.80. The van der Waals surface area contributed by atoms with Gasteiger partial charge in [0.25, 0.3) is 0 Å².